The summed E-state index contributed by atoms with van der Waals surface area (Å²) in [7, 11) is 0. The molecule has 3 aromatic carbocycles. The van der Waals surface area contributed by atoms with E-state index in [9.17, 15) is 0 Å². The molecule has 1 atom stereocenters. The van der Waals surface area contributed by atoms with Gasteiger partial charge in [0.05, 0.1) is 0 Å². The quantitative estimate of drug-likeness (QED) is 0.360. The van der Waals surface area contributed by atoms with Gasteiger partial charge in [-0.3, -0.25) is 0 Å². The minimum absolute atomic E-state index is 0.528. The van der Waals surface area contributed by atoms with Gasteiger partial charge in [-0.2, -0.15) is 0 Å². The highest BCUT2D eigenvalue weighted by atomic mass is 14.2. The topological polar surface area (TPSA) is 0 Å². The molecule has 1 aliphatic rings. The molecule has 0 bridgehead atoms. The van der Waals surface area contributed by atoms with E-state index in [4.69, 9.17) is 0 Å². The lowest BCUT2D eigenvalue weighted by atomic mass is 9.88. The van der Waals surface area contributed by atoms with Crippen LogP contribution in [0.15, 0.2) is 127 Å². The van der Waals surface area contributed by atoms with Gasteiger partial charge in [0.25, 0.3) is 0 Å². The van der Waals surface area contributed by atoms with Crippen LogP contribution in [0, 0.1) is 0 Å². The van der Waals surface area contributed by atoms with Gasteiger partial charge >= 0.3 is 0 Å². The van der Waals surface area contributed by atoms with Crippen LogP contribution >= 0.6 is 0 Å². The van der Waals surface area contributed by atoms with Crippen molar-refractivity contribution >= 4 is 0 Å². The van der Waals surface area contributed by atoms with E-state index in [1.807, 2.05) is 13.8 Å². The van der Waals surface area contributed by atoms with Crippen molar-refractivity contribution in [3.63, 3.8) is 0 Å². The molecule has 33 heavy (non-hydrogen) atoms. The van der Waals surface area contributed by atoms with E-state index in [-0.39, 0.29) is 0 Å². The molecule has 0 radical (unpaired) electrons. The van der Waals surface area contributed by atoms with Crippen molar-refractivity contribution < 1.29 is 0 Å². The summed E-state index contributed by atoms with van der Waals surface area (Å²) in [6.07, 6.45) is 14.4. The number of benzene rings is 3. The summed E-state index contributed by atoms with van der Waals surface area (Å²) in [5.74, 6) is 1.06. The minimum Gasteiger partial charge on any atom is -0.0807 e. The molecule has 0 aromatic heterocycles. The van der Waals surface area contributed by atoms with E-state index in [2.05, 4.69) is 135 Å². The summed E-state index contributed by atoms with van der Waals surface area (Å²) in [4.78, 5) is 0. The van der Waals surface area contributed by atoms with Crippen LogP contribution in [-0.2, 0) is 0 Å². The molecule has 0 heterocycles. The first-order valence-electron chi connectivity index (χ1n) is 12.5. The van der Waals surface area contributed by atoms with Crippen LogP contribution in [0.4, 0.5) is 0 Å². The summed E-state index contributed by atoms with van der Waals surface area (Å²) >= 11 is 0. The summed E-state index contributed by atoms with van der Waals surface area (Å²) in [5.41, 5.74) is 5.65. The van der Waals surface area contributed by atoms with E-state index in [1.165, 1.54) is 22.3 Å². The smallest absolute Gasteiger partial charge is 0.00867 e. The van der Waals surface area contributed by atoms with Crippen LogP contribution in [0.25, 0.3) is 0 Å². The molecule has 1 aliphatic carbocycles. The van der Waals surface area contributed by atoms with Crippen molar-refractivity contribution in [2.75, 3.05) is 0 Å². The van der Waals surface area contributed by atoms with Gasteiger partial charge in [-0.1, -0.05) is 149 Å². The third kappa shape index (κ3) is 8.39. The molecule has 0 saturated heterocycles. The molecule has 0 fully saturated rings. The first-order chi connectivity index (χ1) is 16.3. The van der Waals surface area contributed by atoms with Crippen molar-refractivity contribution in [1.29, 1.82) is 0 Å². The zero-order valence-corrected chi connectivity index (χ0v) is 20.8. The van der Waals surface area contributed by atoms with Crippen LogP contribution in [-0.4, -0.2) is 0 Å². The van der Waals surface area contributed by atoms with Crippen LogP contribution in [0.1, 0.15) is 75.5 Å². The second-order valence-electron chi connectivity index (χ2n) is 7.89. The molecule has 0 saturated carbocycles. The predicted molar refractivity (Wildman–Crippen MR) is 147 cm³/mol. The fourth-order valence-corrected chi connectivity index (χ4v) is 4.21. The first-order valence-corrected chi connectivity index (χ1v) is 12.5. The second-order valence-corrected chi connectivity index (χ2v) is 7.89. The molecule has 0 heteroatoms. The summed E-state index contributed by atoms with van der Waals surface area (Å²) in [6, 6.07) is 32.2. The number of rotatable bonds is 6. The maximum Gasteiger partial charge on any atom is 0.00867 e. The monoisotopic (exact) mass is 436 g/mol. The third-order valence-electron chi connectivity index (χ3n) is 5.83. The van der Waals surface area contributed by atoms with E-state index in [1.54, 1.807) is 0 Å². The molecular weight excluding hydrogens is 396 g/mol. The van der Waals surface area contributed by atoms with Crippen molar-refractivity contribution in [2.24, 2.45) is 0 Å². The lowest BCUT2D eigenvalue weighted by Gasteiger charge is -2.16. The average Bonchev–Trinajstić information content (AvgIpc) is 3.18. The zero-order chi connectivity index (χ0) is 23.7. The Bertz CT molecular complexity index is 923. The highest BCUT2D eigenvalue weighted by Gasteiger charge is 2.12. The van der Waals surface area contributed by atoms with Gasteiger partial charge in [0.15, 0.2) is 0 Å². The Hall–Kier alpha value is -3.12. The van der Waals surface area contributed by atoms with Crippen LogP contribution in [0.2, 0.25) is 0 Å². The third-order valence-corrected chi connectivity index (χ3v) is 5.83. The number of hydrogen-bond donors (Lipinski definition) is 0. The average molecular weight is 437 g/mol. The molecule has 0 spiro atoms. The van der Waals surface area contributed by atoms with Crippen molar-refractivity contribution in [1.82, 2.24) is 0 Å². The van der Waals surface area contributed by atoms with Gasteiger partial charge in [-0.05, 0) is 41.5 Å². The fraction of sp³-hybridized carbons (Fsp3) is 0.273. The maximum absolute atomic E-state index is 2.27. The number of allylic oxidation sites excluding steroid dienone is 6. The maximum atomic E-state index is 2.27. The normalized spacial score (nSPS) is 13.1. The molecule has 3 aromatic rings. The highest BCUT2D eigenvalue weighted by Crippen LogP contribution is 2.29. The van der Waals surface area contributed by atoms with Gasteiger partial charge in [-0.25, -0.2) is 0 Å². The van der Waals surface area contributed by atoms with Gasteiger partial charge < -0.3 is 0 Å². The molecule has 0 amide bonds. The van der Waals surface area contributed by atoms with Gasteiger partial charge in [0, 0.05) is 11.8 Å². The summed E-state index contributed by atoms with van der Waals surface area (Å²) in [6.45, 7) is 8.49. The Labute approximate surface area is 202 Å². The largest absolute Gasteiger partial charge is 0.0807 e. The summed E-state index contributed by atoms with van der Waals surface area (Å²) < 4.78 is 0. The standard InChI is InChI=1S/C16H18.C15H16.C2H6/c1-2-16(15-12-8-5-9-13-15)14-10-6-3-4-7-11-14;1-2-15(13-9-5-3-6-10-13)14-11-7-4-8-12-14;1-2/h3,5-13,16H,2,4H2,1H3;3-12,15H,2H2,1H3;1-2H3. The predicted octanol–water partition coefficient (Wildman–Crippen LogP) is 9.88. The van der Waals surface area contributed by atoms with Gasteiger partial charge in [-0.15, -0.1) is 0 Å². The van der Waals surface area contributed by atoms with Gasteiger partial charge in [0.2, 0.25) is 0 Å². The van der Waals surface area contributed by atoms with Crippen molar-refractivity contribution in [3.8, 4) is 0 Å². The zero-order valence-electron chi connectivity index (χ0n) is 20.8. The van der Waals surface area contributed by atoms with Crippen LogP contribution in [0.5, 0.6) is 0 Å². The summed E-state index contributed by atoms with van der Waals surface area (Å²) in [5, 5.41) is 0. The van der Waals surface area contributed by atoms with Crippen molar-refractivity contribution in [3.05, 3.63) is 144 Å². The van der Waals surface area contributed by atoms with Gasteiger partial charge in [0.1, 0.15) is 0 Å². The van der Waals surface area contributed by atoms with E-state index in [0.717, 1.165) is 19.3 Å². The Morgan fingerprint density at radius 2 is 1.00 bits per heavy atom. The lowest BCUT2D eigenvalue weighted by Crippen LogP contribution is -1.99. The Morgan fingerprint density at radius 1 is 0.576 bits per heavy atom. The van der Waals surface area contributed by atoms with E-state index < -0.39 is 0 Å². The van der Waals surface area contributed by atoms with E-state index >= 15 is 0 Å². The molecule has 1 unspecified atom stereocenters. The van der Waals surface area contributed by atoms with Crippen LogP contribution in [0.3, 0.4) is 0 Å². The van der Waals surface area contributed by atoms with Crippen molar-refractivity contribution in [2.45, 2.75) is 58.8 Å². The Morgan fingerprint density at radius 3 is 1.42 bits per heavy atom. The first kappa shape index (κ1) is 26.1. The minimum atomic E-state index is 0.528. The van der Waals surface area contributed by atoms with E-state index in [0.29, 0.717) is 11.8 Å². The molecule has 4 rings (SSSR count). The Balaban J connectivity index is 0.000000218. The number of hydrogen-bond acceptors (Lipinski definition) is 0. The Kier molecular flexibility index (Phi) is 12.4. The second kappa shape index (κ2) is 15.6. The molecule has 0 aliphatic heterocycles. The van der Waals surface area contributed by atoms with Crippen LogP contribution < -0.4 is 0 Å². The molecule has 0 nitrogen and oxygen atoms in total. The molecule has 0 N–H and O–H groups in total. The lowest BCUT2D eigenvalue weighted by molar-refractivity contribution is 0.776. The molecule has 172 valence electrons. The molecular formula is C33H40. The highest BCUT2D eigenvalue weighted by molar-refractivity contribution is 5.38. The SMILES string of the molecule is CC.CCC(C1=CC=CCC=C1)c1ccccc1.CCC(c1ccccc1)c1ccccc1. The fourth-order valence-electron chi connectivity index (χ4n) is 4.21.